The Bertz CT molecular complexity index is 365. The maximum absolute atomic E-state index is 13.4. The number of methoxy groups -OCH3 is 1. The Balaban J connectivity index is 3.15. The van der Waals surface area contributed by atoms with Crippen molar-refractivity contribution in [3.8, 4) is 5.75 Å². The minimum Gasteiger partial charge on any atom is -0.494 e. The van der Waals surface area contributed by atoms with Crippen molar-refractivity contribution < 1.29 is 19.0 Å². The van der Waals surface area contributed by atoms with Crippen LogP contribution in [0.15, 0.2) is 12.1 Å². The molecule has 4 nitrogen and oxygen atoms in total. The molecule has 0 unspecified atom stereocenters. The maximum Gasteiger partial charge on any atom is 0.409 e. The lowest BCUT2D eigenvalue weighted by Gasteiger charge is -2.08. The average molecular weight is 199 g/mol. The molecule has 0 radical (unpaired) electrons. The Morgan fingerprint density at radius 1 is 1.57 bits per heavy atom. The molecule has 0 spiro atoms. The minimum absolute atomic E-state index is 0.0220. The predicted octanol–water partition coefficient (Wildman–Crippen LogP) is 2.23. The molecule has 0 atom stereocenters. The van der Waals surface area contributed by atoms with Crippen LogP contribution < -0.4 is 10.1 Å². The van der Waals surface area contributed by atoms with Crippen molar-refractivity contribution >= 4 is 11.8 Å². The first kappa shape index (κ1) is 10.3. The highest BCUT2D eigenvalue weighted by molar-refractivity contribution is 5.83. The normalized spacial score (nSPS) is 9.64. The number of halogens is 1. The van der Waals surface area contributed by atoms with Gasteiger partial charge in [0.1, 0.15) is 0 Å². The van der Waals surface area contributed by atoms with E-state index in [0.29, 0.717) is 5.56 Å². The first-order valence-corrected chi connectivity index (χ1v) is 3.88. The van der Waals surface area contributed by atoms with Gasteiger partial charge < -0.3 is 9.84 Å². The molecule has 1 rings (SSSR count). The second kappa shape index (κ2) is 3.95. The molecule has 0 aliphatic heterocycles. The highest BCUT2D eigenvalue weighted by Crippen LogP contribution is 2.26. The van der Waals surface area contributed by atoms with Crippen LogP contribution in [0, 0.1) is 12.7 Å². The Kier molecular flexibility index (Phi) is 2.91. The fourth-order valence-corrected chi connectivity index (χ4v) is 1.09. The third-order valence-electron chi connectivity index (χ3n) is 1.65. The number of ether oxygens (including phenoxy) is 1. The van der Waals surface area contributed by atoms with Crippen molar-refractivity contribution in [1.29, 1.82) is 0 Å². The van der Waals surface area contributed by atoms with Gasteiger partial charge in [-0.15, -0.1) is 0 Å². The molecule has 0 aliphatic carbocycles. The van der Waals surface area contributed by atoms with Gasteiger partial charge in [-0.2, -0.15) is 0 Å². The van der Waals surface area contributed by atoms with Crippen LogP contribution in [0.25, 0.3) is 0 Å². The molecule has 1 aromatic rings. The molecule has 0 saturated carbocycles. The zero-order valence-electron chi connectivity index (χ0n) is 7.80. The van der Waals surface area contributed by atoms with Gasteiger partial charge >= 0.3 is 6.09 Å². The van der Waals surface area contributed by atoms with E-state index < -0.39 is 11.9 Å². The van der Waals surface area contributed by atoms with Gasteiger partial charge in [0.05, 0.1) is 12.8 Å². The number of hydrogen-bond acceptors (Lipinski definition) is 2. The van der Waals surface area contributed by atoms with Gasteiger partial charge in [0, 0.05) is 0 Å². The second-order valence-electron chi connectivity index (χ2n) is 2.76. The lowest BCUT2D eigenvalue weighted by Crippen LogP contribution is -2.09. The van der Waals surface area contributed by atoms with Crippen molar-refractivity contribution in [3.63, 3.8) is 0 Å². The van der Waals surface area contributed by atoms with Crippen LogP contribution in [-0.2, 0) is 0 Å². The van der Waals surface area contributed by atoms with E-state index in [9.17, 15) is 9.18 Å². The van der Waals surface area contributed by atoms with E-state index in [-0.39, 0.29) is 11.4 Å². The number of nitrogens with one attached hydrogen (secondary N) is 1. The quantitative estimate of drug-likeness (QED) is 0.767. The molecule has 76 valence electrons. The van der Waals surface area contributed by atoms with Crippen LogP contribution in [0.5, 0.6) is 5.75 Å². The molecule has 1 amide bonds. The molecule has 0 aromatic heterocycles. The fraction of sp³-hybridized carbons (Fsp3) is 0.222. The summed E-state index contributed by atoms with van der Waals surface area (Å²) >= 11 is 0. The second-order valence-corrected chi connectivity index (χ2v) is 2.76. The Hall–Kier alpha value is -1.78. The van der Waals surface area contributed by atoms with E-state index in [1.807, 2.05) is 5.32 Å². The summed E-state index contributed by atoms with van der Waals surface area (Å²) in [5.74, 6) is -0.686. The lowest BCUT2D eigenvalue weighted by atomic mass is 10.2. The first-order valence-electron chi connectivity index (χ1n) is 3.88. The van der Waals surface area contributed by atoms with Gasteiger partial charge in [-0.1, -0.05) is 0 Å². The first-order chi connectivity index (χ1) is 6.54. The van der Waals surface area contributed by atoms with Crippen LogP contribution in [0.4, 0.5) is 14.9 Å². The largest absolute Gasteiger partial charge is 0.494 e. The Morgan fingerprint density at radius 2 is 2.21 bits per heavy atom. The number of aryl methyl sites for hydroxylation is 1. The number of carbonyl (C=O) groups is 1. The minimum atomic E-state index is -1.31. The third-order valence-corrected chi connectivity index (χ3v) is 1.65. The zero-order valence-corrected chi connectivity index (χ0v) is 7.80. The van der Waals surface area contributed by atoms with Crippen LogP contribution in [-0.4, -0.2) is 18.3 Å². The van der Waals surface area contributed by atoms with Gasteiger partial charge in [-0.3, -0.25) is 5.32 Å². The van der Waals surface area contributed by atoms with Crippen LogP contribution in [0.3, 0.4) is 0 Å². The van der Waals surface area contributed by atoms with Crippen molar-refractivity contribution in [1.82, 2.24) is 0 Å². The number of anilines is 1. The highest BCUT2D eigenvalue weighted by Gasteiger charge is 2.11. The number of hydrogen-bond donors (Lipinski definition) is 2. The molecular formula is C9H10FNO3. The predicted molar refractivity (Wildman–Crippen MR) is 49.3 cm³/mol. The number of amides is 1. The maximum atomic E-state index is 13.4. The smallest absolute Gasteiger partial charge is 0.409 e. The average Bonchev–Trinajstić information content (AvgIpc) is 2.09. The summed E-state index contributed by atoms with van der Waals surface area (Å²) in [5, 5.41) is 10.4. The van der Waals surface area contributed by atoms with Gasteiger partial charge in [0.15, 0.2) is 11.6 Å². The molecule has 0 saturated heterocycles. The molecule has 1 aromatic carbocycles. The molecule has 5 heteroatoms. The summed E-state index contributed by atoms with van der Waals surface area (Å²) in [5.41, 5.74) is 0.612. The van der Waals surface area contributed by atoms with E-state index in [1.54, 1.807) is 6.92 Å². The summed E-state index contributed by atoms with van der Waals surface area (Å²) in [6, 6.07) is 2.88. The summed E-state index contributed by atoms with van der Waals surface area (Å²) in [6.07, 6.45) is -1.31. The number of carboxylic acid groups (broad SMARTS) is 1. The van der Waals surface area contributed by atoms with Gasteiger partial charge in [-0.25, -0.2) is 9.18 Å². The van der Waals surface area contributed by atoms with Crippen molar-refractivity contribution in [2.75, 3.05) is 12.4 Å². The van der Waals surface area contributed by atoms with Crippen LogP contribution in [0.2, 0.25) is 0 Å². The van der Waals surface area contributed by atoms with E-state index in [0.717, 1.165) is 0 Å². The molecular weight excluding hydrogens is 189 g/mol. The Labute approximate surface area is 80.3 Å². The van der Waals surface area contributed by atoms with E-state index >= 15 is 0 Å². The molecule has 0 fully saturated rings. The molecule has 0 heterocycles. The molecule has 2 N–H and O–H groups in total. The lowest BCUT2D eigenvalue weighted by molar-refractivity contribution is 0.209. The molecule has 0 bridgehead atoms. The summed E-state index contributed by atoms with van der Waals surface area (Å²) in [7, 11) is 1.32. The van der Waals surface area contributed by atoms with Crippen molar-refractivity contribution in [3.05, 3.63) is 23.5 Å². The number of benzene rings is 1. The topological polar surface area (TPSA) is 58.6 Å². The highest BCUT2D eigenvalue weighted by atomic mass is 19.1. The summed E-state index contributed by atoms with van der Waals surface area (Å²) < 4.78 is 18.1. The fourth-order valence-electron chi connectivity index (χ4n) is 1.09. The standard InChI is InChI=1S/C9H10FNO3/c1-5-3-6(11-9(12)13)8(10)7(4-5)14-2/h3-4,11H,1-2H3,(H,12,13). The van der Waals surface area contributed by atoms with E-state index in [1.165, 1.54) is 19.2 Å². The SMILES string of the molecule is COc1cc(C)cc(NC(=O)O)c1F. The van der Waals surface area contributed by atoms with Crippen molar-refractivity contribution in [2.24, 2.45) is 0 Å². The van der Waals surface area contributed by atoms with Crippen LogP contribution >= 0.6 is 0 Å². The van der Waals surface area contributed by atoms with Gasteiger partial charge in [0.25, 0.3) is 0 Å². The number of rotatable bonds is 2. The van der Waals surface area contributed by atoms with E-state index in [2.05, 4.69) is 0 Å². The summed E-state index contributed by atoms with van der Waals surface area (Å²) in [4.78, 5) is 10.3. The third kappa shape index (κ3) is 2.12. The monoisotopic (exact) mass is 199 g/mol. The van der Waals surface area contributed by atoms with Crippen molar-refractivity contribution in [2.45, 2.75) is 6.92 Å². The zero-order chi connectivity index (χ0) is 10.7. The van der Waals surface area contributed by atoms with Gasteiger partial charge in [0.2, 0.25) is 0 Å². The Morgan fingerprint density at radius 3 is 2.71 bits per heavy atom. The van der Waals surface area contributed by atoms with Gasteiger partial charge in [-0.05, 0) is 24.6 Å². The molecule has 14 heavy (non-hydrogen) atoms. The summed E-state index contributed by atoms with van der Waals surface area (Å²) in [6.45, 7) is 1.72. The van der Waals surface area contributed by atoms with E-state index in [4.69, 9.17) is 9.84 Å². The van der Waals surface area contributed by atoms with Crippen LogP contribution in [0.1, 0.15) is 5.56 Å². The molecule has 0 aliphatic rings.